The van der Waals surface area contributed by atoms with Crippen molar-refractivity contribution in [2.24, 2.45) is 0 Å². The van der Waals surface area contributed by atoms with Gasteiger partial charge in [0.15, 0.2) is 13.6 Å². The van der Waals surface area contributed by atoms with Gasteiger partial charge in [0.25, 0.3) is 0 Å². The monoisotopic (exact) mass is 900 g/mol. The fourth-order valence-electron chi connectivity index (χ4n) is 8.27. The Morgan fingerprint density at radius 1 is 0.362 bits per heavy atom. The minimum absolute atomic E-state index is 0.202. The highest BCUT2D eigenvalue weighted by Gasteiger charge is 2.22. The summed E-state index contributed by atoms with van der Waals surface area (Å²) in [6.07, 6.45) is 0. The zero-order valence-electron chi connectivity index (χ0n) is 35.2. The first-order valence-corrected chi connectivity index (χ1v) is 27.6. The summed E-state index contributed by atoms with van der Waals surface area (Å²) >= 11 is 0. The molecule has 8 aromatic carbocycles. The van der Waals surface area contributed by atoms with E-state index in [1.807, 2.05) is 12.1 Å². The standard InChI is InChI=1S/C24H30O4Si4.C20H22O2Si4/c1-25-11-27-19-9-21(31)17-7-13(29)3-5-15(17)23(19)24-16-6-4-14(30)8-18(16)22(32)10-20(24)28-12-26-2;21-15-7-17(25)13-5-9(23)1-3-11(13)19(15)20-12-4-2-10(24)6-14(12)18(26)8-16(20)22/h3-10H,11-12H2,1-2,29-32H3;1-8,21-22H,23-26H3. The van der Waals surface area contributed by atoms with Crippen molar-refractivity contribution in [1.82, 2.24) is 0 Å². The molecule has 2 N–H and O–H groups in total. The van der Waals surface area contributed by atoms with E-state index in [0.717, 1.165) is 126 Å². The summed E-state index contributed by atoms with van der Waals surface area (Å²) in [4.78, 5) is 0. The quantitative estimate of drug-likeness (QED) is 0.117. The third-order valence-corrected chi connectivity index (χ3v) is 16.8. The first-order chi connectivity index (χ1) is 27.8. The summed E-state index contributed by atoms with van der Waals surface area (Å²) < 4.78 is 22.9. The molecule has 14 heteroatoms. The van der Waals surface area contributed by atoms with Gasteiger partial charge < -0.3 is 29.2 Å². The minimum atomic E-state index is 0.202. The van der Waals surface area contributed by atoms with Crippen molar-refractivity contribution in [3.63, 3.8) is 0 Å². The lowest BCUT2D eigenvalue weighted by molar-refractivity contribution is 0.0502. The van der Waals surface area contributed by atoms with Crippen LogP contribution in [0.25, 0.3) is 65.3 Å². The molecule has 0 bridgehead atoms. The molecule has 0 saturated heterocycles. The molecule has 8 rings (SSSR count). The summed E-state index contributed by atoms with van der Waals surface area (Å²) in [5, 5.41) is 41.7. The van der Waals surface area contributed by atoms with Gasteiger partial charge in [-0.25, -0.2) is 0 Å². The van der Waals surface area contributed by atoms with Crippen molar-refractivity contribution >= 4 is 167 Å². The van der Waals surface area contributed by atoms with E-state index in [9.17, 15) is 10.2 Å². The van der Waals surface area contributed by atoms with Crippen LogP contribution in [-0.4, -0.2) is 120 Å². The second-order valence-corrected chi connectivity index (χ2v) is 24.5. The van der Waals surface area contributed by atoms with Gasteiger partial charge in [-0.3, -0.25) is 0 Å². The SMILES string of the molecule is COCOc1cc([SiH3])c2cc([SiH3])ccc2c1-c1c(OCOC)cc([SiH3])c2cc([SiH3])ccc12.Oc1cc([SiH3])c2cc([SiH3])ccc2c1-c1c(O)cc([SiH3])c2cc([SiH3])ccc12. The van der Waals surface area contributed by atoms with Crippen molar-refractivity contribution in [3.8, 4) is 45.3 Å². The molecular formula is C44H52O6Si8. The van der Waals surface area contributed by atoms with Crippen LogP contribution in [0, 0.1) is 0 Å². The smallest absolute Gasteiger partial charge is 0.188 e. The summed E-state index contributed by atoms with van der Waals surface area (Å²) in [5.74, 6) is 2.20. The second-order valence-electron chi connectivity index (χ2n) is 15.6. The Morgan fingerprint density at radius 3 is 0.931 bits per heavy atom. The van der Waals surface area contributed by atoms with E-state index in [4.69, 9.17) is 18.9 Å². The molecule has 0 radical (unpaired) electrons. The molecule has 0 saturated carbocycles. The molecular weight excluding hydrogens is 849 g/mol. The lowest BCUT2D eigenvalue weighted by atomic mass is 9.92. The van der Waals surface area contributed by atoms with E-state index in [0.29, 0.717) is 0 Å². The van der Waals surface area contributed by atoms with Crippen LogP contribution in [0.1, 0.15) is 0 Å². The Morgan fingerprint density at radius 2 is 0.638 bits per heavy atom. The number of ether oxygens (including phenoxy) is 4. The molecule has 6 nitrogen and oxygen atoms in total. The number of aromatic hydroxyl groups is 2. The average molecular weight is 902 g/mol. The van der Waals surface area contributed by atoms with Crippen molar-refractivity contribution < 1.29 is 29.2 Å². The second kappa shape index (κ2) is 17.5. The Kier molecular flexibility index (Phi) is 12.6. The van der Waals surface area contributed by atoms with Gasteiger partial charge in [0.2, 0.25) is 0 Å². The predicted octanol–water partition coefficient (Wildman–Crippen LogP) is -5.38. The number of hydrogen-bond acceptors (Lipinski definition) is 6. The van der Waals surface area contributed by atoms with Crippen LogP contribution in [-0.2, 0) is 9.47 Å². The number of phenolic OH excluding ortho intramolecular Hbond substituents is 2. The van der Waals surface area contributed by atoms with Gasteiger partial charge in [-0.05, 0) is 67.4 Å². The molecule has 58 heavy (non-hydrogen) atoms. The number of rotatable bonds is 8. The Balaban J connectivity index is 0.000000180. The fourth-order valence-corrected chi connectivity index (χ4v) is 12.8. The maximum absolute atomic E-state index is 10.9. The molecule has 0 aromatic heterocycles. The topological polar surface area (TPSA) is 77.4 Å². The Hall–Kier alpha value is -4.34. The molecule has 0 unspecified atom stereocenters. The number of hydrogen-bond donors (Lipinski definition) is 2. The van der Waals surface area contributed by atoms with Crippen molar-refractivity contribution in [1.29, 1.82) is 0 Å². The van der Waals surface area contributed by atoms with Gasteiger partial charge in [-0.2, -0.15) is 0 Å². The van der Waals surface area contributed by atoms with Gasteiger partial charge >= 0.3 is 0 Å². The van der Waals surface area contributed by atoms with Gasteiger partial charge in [-0.15, -0.1) is 0 Å². The highest BCUT2D eigenvalue weighted by molar-refractivity contribution is 6.45. The van der Waals surface area contributed by atoms with E-state index in [1.165, 1.54) is 73.8 Å². The lowest BCUT2D eigenvalue weighted by Crippen LogP contribution is -2.14. The van der Waals surface area contributed by atoms with Crippen LogP contribution in [0.3, 0.4) is 0 Å². The number of methoxy groups -OCH3 is 2. The van der Waals surface area contributed by atoms with E-state index < -0.39 is 0 Å². The molecule has 8 aromatic rings. The normalized spacial score (nSPS) is 11.8. The molecule has 0 fully saturated rings. The van der Waals surface area contributed by atoms with E-state index >= 15 is 0 Å². The van der Waals surface area contributed by atoms with Crippen LogP contribution in [0.2, 0.25) is 0 Å². The van der Waals surface area contributed by atoms with Gasteiger partial charge in [0.05, 0.1) is 0 Å². The lowest BCUT2D eigenvalue weighted by Gasteiger charge is -2.21. The molecule has 0 spiro atoms. The van der Waals surface area contributed by atoms with Crippen LogP contribution >= 0.6 is 0 Å². The third kappa shape index (κ3) is 8.13. The third-order valence-electron chi connectivity index (χ3n) is 11.0. The number of phenols is 2. The molecule has 0 heterocycles. The summed E-state index contributed by atoms with van der Waals surface area (Å²) in [6.45, 7) is 0.405. The van der Waals surface area contributed by atoms with Crippen LogP contribution < -0.4 is 51.0 Å². The largest absolute Gasteiger partial charge is 0.507 e. The van der Waals surface area contributed by atoms with Gasteiger partial charge in [-0.1, -0.05) is 114 Å². The van der Waals surface area contributed by atoms with Crippen molar-refractivity contribution in [3.05, 3.63) is 97.1 Å². The van der Waals surface area contributed by atoms with E-state index in [-0.39, 0.29) is 25.1 Å². The zero-order valence-corrected chi connectivity index (χ0v) is 51.2. The first-order valence-electron chi connectivity index (χ1n) is 19.6. The van der Waals surface area contributed by atoms with Gasteiger partial charge in [0, 0.05) is 118 Å². The molecule has 0 aliphatic rings. The summed E-state index contributed by atoms with van der Waals surface area (Å²) in [5.41, 5.74) is 3.65. The average Bonchev–Trinajstić information content (AvgIpc) is 3.19. The minimum Gasteiger partial charge on any atom is -0.507 e. The fraction of sp³-hybridized carbons (Fsp3) is 0.0909. The maximum atomic E-state index is 10.9. The Labute approximate surface area is 363 Å². The molecule has 296 valence electrons. The summed E-state index contributed by atoms with van der Waals surface area (Å²) in [7, 11) is 11.0. The zero-order chi connectivity index (χ0) is 41.4. The molecule has 0 aliphatic carbocycles. The number of benzene rings is 8. The Bertz CT molecular complexity index is 2710. The highest BCUT2D eigenvalue weighted by Crippen LogP contribution is 2.45. The molecule has 0 atom stereocenters. The van der Waals surface area contributed by atoms with Crippen LogP contribution in [0.4, 0.5) is 0 Å². The number of fused-ring (bicyclic) bond motifs is 4. The first kappa shape index (κ1) is 41.8. The van der Waals surface area contributed by atoms with Gasteiger partial charge in [0.1, 0.15) is 23.0 Å². The van der Waals surface area contributed by atoms with Crippen LogP contribution in [0.5, 0.6) is 23.0 Å². The van der Waals surface area contributed by atoms with Crippen molar-refractivity contribution in [2.75, 3.05) is 27.8 Å². The summed E-state index contributed by atoms with van der Waals surface area (Å²) in [6, 6.07) is 34.7. The van der Waals surface area contributed by atoms with E-state index in [2.05, 4.69) is 84.9 Å². The molecule has 0 amide bonds. The van der Waals surface area contributed by atoms with Crippen molar-refractivity contribution in [2.45, 2.75) is 0 Å². The van der Waals surface area contributed by atoms with Crippen LogP contribution in [0.15, 0.2) is 97.1 Å². The molecule has 0 aliphatic heterocycles. The maximum Gasteiger partial charge on any atom is 0.188 e. The predicted molar refractivity (Wildman–Crippen MR) is 279 cm³/mol. The van der Waals surface area contributed by atoms with E-state index in [1.54, 1.807) is 14.2 Å². The highest BCUT2D eigenvalue weighted by atomic mass is 28.2.